The second-order valence-corrected chi connectivity index (χ2v) is 4.64. The van der Waals surface area contributed by atoms with Gasteiger partial charge in [-0.25, -0.2) is 0 Å². The van der Waals surface area contributed by atoms with Crippen LogP contribution < -0.4 is 5.32 Å². The van der Waals surface area contributed by atoms with Crippen LogP contribution in [0.4, 0.5) is 0 Å². The first-order chi connectivity index (χ1) is 7.77. The van der Waals surface area contributed by atoms with Crippen molar-refractivity contribution >= 4 is 0 Å². The van der Waals surface area contributed by atoms with Crippen LogP contribution in [-0.4, -0.2) is 50.8 Å². The quantitative estimate of drug-likeness (QED) is 0.537. The molecule has 16 heavy (non-hydrogen) atoms. The van der Waals surface area contributed by atoms with Gasteiger partial charge >= 0.3 is 0 Å². The van der Waals surface area contributed by atoms with Gasteiger partial charge in [-0.2, -0.15) is 0 Å². The third-order valence-corrected chi connectivity index (χ3v) is 3.24. The highest BCUT2D eigenvalue weighted by atomic mass is 16.5. The molecule has 92 valence electrons. The smallest absolute Gasteiger partial charge is 0.0574 e. The lowest BCUT2D eigenvalue weighted by Gasteiger charge is -2.36. The van der Waals surface area contributed by atoms with Gasteiger partial charge in [0.1, 0.15) is 0 Å². The minimum Gasteiger partial charge on any atom is -0.384 e. The van der Waals surface area contributed by atoms with E-state index >= 15 is 0 Å². The number of nitrogens with one attached hydrogen (secondary N) is 1. The summed E-state index contributed by atoms with van der Waals surface area (Å²) in [6.45, 7) is 7.16. The van der Waals surface area contributed by atoms with E-state index < -0.39 is 0 Å². The van der Waals surface area contributed by atoms with E-state index in [0.717, 1.165) is 19.7 Å². The van der Waals surface area contributed by atoms with Gasteiger partial charge in [-0.1, -0.05) is 5.92 Å². The molecule has 1 saturated heterocycles. The van der Waals surface area contributed by atoms with Crippen LogP contribution >= 0.6 is 0 Å². The summed E-state index contributed by atoms with van der Waals surface area (Å²) in [7, 11) is 1.79. The molecule has 2 atom stereocenters. The van der Waals surface area contributed by atoms with Crippen LogP contribution in [0.25, 0.3) is 0 Å². The van der Waals surface area contributed by atoms with Crippen molar-refractivity contribution in [3.05, 3.63) is 0 Å². The average Bonchev–Trinajstić information content (AvgIpc) is 2.30. The summed E-state index contributed by atoms with van der Waals surface area (Å²) in [5.41, 5.74) is 0. The van der Waals surface area contributed by atoms with Crippen LogP contribution in [0.1, 0.15) is 19.8 Å². The van der Waals surface area contributed by atoms with Crippen molar-refractivity contribution in [2.45, 2.75) is 25.8 Å². The fourth-order valence-electron chi connectivity index (χ4n) is 2.35. The Kier molecular flexibility index (Phi) is 6.47. The third-order valence-electron chi connectivity index (χ3n) is 3.24. The van der Waals surface area contributed by atoms with Crippen molar-refractivity contribution in [3.8, 4) is 12.3 Å². The van der Waals surface area contributed by atoms with Crippen LogP contribution in [0.5, 0.6) is 0 Å². The predicted octanol–water partition coefficient (Wildman–Crippen LogP) is 0.956. The number of methoxy groups -OCH3 is 1. The number of hydrogen-bond acceptors (Lipinski definition) is 3. The van der Waals surface area contributed by atoms with Crippen molar-refractivity contribution in [2.75, 3.05) is 39.9 Å². The molecule has 0 aromatic heterocycles. The molecular formula is C13H24N2O. The van der Waals surface area contributed by atoms with Gasteiger partial charge in [0, 0.05) is 26.2 Å². The number of ether oxygens (including phenoxy) is 1. The minimum atomic E-state index is 0.563. The first-order valence-electron chi connectivity index (χ1n) is 6.15. The van der Waals surface area contributed by atoms with E-state index in [2.05, 4.69) is 23.1 Å². The summed E-state index contributed by atoms with van der Waals surface area (Å²) >= 11 is 0. The van der Waals surface area contributed by atoms with Gasteiger partial charge in [0.25, 0.3) is 0 Å². The van der Waals surface area contributed by atoms with Gasteiger partial charge in [-0.15, -0.1) is 6.42 Å². The molecule has 1 N–H and O–H groups in total. The second kappa shape index (κ2) is 7.67. The molecule has 0 spiro atoms. The normalized spacial score (nSPS) is 23.9. The number of nitrogens with zero attached hydrogens (tertiary/aromatic N) is 1. The zero-order chi connectivity index (χ0) is 11.8. The first-order valence-corrected chi connectivity index (χ1v) is 6.15. The van der Waals surface area contributed by atoms with Crippen LogP contribution in [-0.2, 0) is 4.74 Å². The number of terminal acetylenes is 1. The molecule has 0 radical (unpaired) electrons. The standard InChI is InChI=1S/C13H24N2O/c1-4-7-14-9-12(2)15-8-5-6-13(10-15)11-16-3/h1,12-14H,5-11H2,2-3H3. The van der Waals surface area contributed by atoms with Gasteiger partial charge in [0.05, 0.1) is 13.2 Å². The largest absolute Gasteiger partial charge is 0.384 e. The monoisotopic (exact) mass is 224 g/mol. The Morgan fingerprint density at radius 1 is 1.62 bits per heavy atom. The summed E-state index contributed by atoms with van der Waals surface area (Å²) in [5.74, 6) is 3.31. The highest BCUT2D eigenvalue weighted by Crippen LogP contribution is 2.18. The molecule has 0 aliphatic carbocycles. The highest BCUT2D eigenvalue weighted by Gasteiger charge is 2.22. The maximum atomic E-state index is 5.24. The maximum absolute atomic E-state index is 5.24. The Hall–Kier alpha value is -0.560. The second-order valence-electron chi connectivity index (χ2n) is 4.64. The van der Waals surface area contributed by atoms with E-state index in [1.165, 1.54) is 19.4 Å². The molecule has 1 rings (SSSR count). The van der Waals surface area contributed by atoms with Gasteiger partial charge in [-0.3, -0.25) is 4.90 Å². The molecule has 1 aliphatic heterocycles. The van der Waals surface area contributed by atoms with Crippen molar-refractivity contribution < 1.29 is 4.74 Å². The zero-order valence-electron chi connectivity index (χ0n) is 10.5. The molecular weight excluding hydrogens is 200 g/mol. The van der Waals surface area contributed by atoms with Crippen molar-refractivity contribution in [3.63, 3.8) is 0 Å². The molecule has 3 heteroatoms. The molecule has 3 nitrogen and oxygen atoms in total. The summed E-state index contributed by atoms with van der Waals surface area (Å²) in [4.78, 5) is 2.54. The molecule has 1 fully saturated rings. The Morgan fingerprint density at radius 2 is 2.44 bits per heavy atom. The first kappa shape index (κ1) is 13.5. The van der Waals surface area contributed by atoms with Gasteiger partial charge in [0.15, 0.2) is 0 Å². The van der Waals surface area contributed by atoms with Crippen LogP contribution in [0, 0.1) is 18.3 Å². The number of rotatable bonds is 6. The Bertz CT molecular complexity index is 222. The summed E-state index contributed by atoms with van der Waals surface area (Å²) in [6, 6.07) is 0.563. The number of hydrogen-bond donors (Lipinski definition) is 1. The summed E-state index contributed by atoms with van der Waals surface area (Å²) in [5, 5.41) is 3.27. The third kappa shape index (κ3) is 4.52. The fourth-order valence-corrected chi connectivity index (χ4v) is 2.35. The number of piperidine rings is 1. The Balaban J connectivity index is 2.26. The average molecular weight is 224 g/mol. The molecule has 0 amide bonds. The summed E-state index contributed by atoms with van der Waals surface area (Å²) < 4.78 is 5.24. The molecule has 1 aliphatic rings. The van der Waals surface area contributed by atoms with E-state index in [0.29, 0.717) is 18.5 Å². The number of likely N-dealkylation sites (tertiary alicyclic amines) is 1. The zero-order valence-corrected chi connectivity index (χ0v) is 10.5. The molecule has 0 aromatic rings. The SMILES string of the molecule is C#CCNCC(C)N1CCCC(COC)C1. The van der Waals surface area contributed by atoms with Gasteiger partial charge < -0.3 is 10.1 Å². The molecule has 0 saturated carbocycles. The van der Waals surface area contributed by atoms with Crippen LogP contribution in [0.15, 0.2) is 0 Å². The van der Waals surface area contributed by atoms with E-state index in [9.17, 15) is 0 Å². The molecule has 1 heterocycles. The topological polar surface area (TPSA) is 24.5 Å². The fraction of sp³-hybridized carbons (Fsp3) is 0.846. The van der Waals surface area contributed by atoms with Gasteiger partial charge in [-0.05, 0) is 32.2 Å². The van der Waals surface area contributed by atoms with E-state index in [1.807, 2.05) is 0 Å². The lowest BCUT2D eigenvalue weighted by atomic mass is 9.98. The summed E-state index contributed by atoms with van der Waals surface area (Å²) in [6.07, 6.45) is 7.80. The van der Waals surface area contributed by atoms with E-state index in [-0.39, 0.29) is 0 Å². The van der Waals surface area contributed by atoms with Crippen molar-refractivity contribution in [1.82, 2.24) is 10.2 Å². The lowest BCUT2D eigenvalue weighted by molar-refractivity contribution is 0.0724. The highest BCUT2D eigenvalue weighted by molar-refractivity contribution is 4.87. The predicted molar refractivity (Wildman–Crippen MR) is 67.3 cm³/mol. The van der Waals surface area contributed by atoms with Crippen molar-refractivity contribution in [2.24, 2.45) is 5.92 Å². The lowest BCUT2D eigenvalue weighted by Crippen LogP contribution is -2.46. The van der Waals surface area contributed by atoms with Crippen LogP contribution in [0.2, 0.25) is 0 Å². The van der Waals surface area contributed by atoms with Crippen LogP contribution in [0.3, 0.4) is 0 Å². The van der Waals surface area contributed by atoms with E-state index in [1.54, 1.807) is 7.11 Å². The Labute approximate surface area is 99.5 Å². The molecule has 0 bridgehead atoms. The Morgan fingerprint density at radius 3 is 3.12 bits per heavy atom. The van der Waals surface area contributed by atoms with Gasteiger partial charge in [0.2, 0.25) is 0 Å². The van der Waals surface area contributed by atoms with Crippen molar-refractivity contribution in [1.29, 1.82) is 0 Å². The molecule has 2 unspecified atom stereocenters. The molecule has 0 aromatic carbocycles. The van der Waals surface area contributed by atoms with E-state index in [4.69, 9.17) is 11.2 Å². The minimum absolute atomic E-state index is 0.563. The maximum Gasteiger partial charge on any atom is 0.0574 e.